The van der Waals surface area contributed by atoms with Crippen molar-refractivity contribution in [2.75, 3.05) is 51.3 Å². The standard InChI is InChI=1S/C14H23N3O/c1-18-14-5-3-13(4-6-14)17-11-9-16(10-12-17)8-2-7-15/h3-6H,2,7-12,15H2,1H3/p+2. The lowest BCUT2D eigenvalue weighted by molar-refractivity contribution is -0.901. The Hall–Kier alpha value is -1.26. The molecule has 1 aromatic rings. The number of hydrogen-bond donors (Lipinski definition) is 2. The number of rotatable bonds is 5. The van der Waals surface area contributed by atoms with Crippen LogP contribution in [-0.4, -0.2) is 46.4 Å². The smallest absolute Gasteiger partial charge is 0.119 e. The highest BCUT2D eigenvalue weighted by Gasteiger charge is 2.19. The summed E-state index contributed by atoms with van der Waals surface area (Å²) in [5.41, 5.74) is 5.23. The molecule has 4 heteroatoms. The largest absolute Gasteiger partial charge is 0.497 e. The van der Waals surface area contributed by atoms with Crippen LogP contribution in [0.25, 0.3) is 0 Å². The fraction of sp³-hybridized carbons (Fsp3) is 0.571. The summed E-state index contributed by atoms with van der Waals surface area (Å²) in [5.74, 6) is 0.929. The van der Waals surface area contributed by atoms with E-state index in [0.717, 1.165) is 25.4 Å². The maximum absolute atomic E-state index is 5.19. The van der Waals surface area contributed by atoms with E-state index in [-0.39, 0.29) is 0 Å². The molecule has 0 radical (unpaired) electrons. The van der Waals surface area contributed by atoms with Crippen LogP contribution >= 0.6 is 0 Å². The number of ether oxygens (including phenoxy) is 1. The van der Waals surface area contributed by atoms with Crippen LogP contribution in [0.4, 0.5) is 5.69 Å². The number of piperazine rings is 1. The fourth-order valence-electron chi connectivity index (χ4n) is 2.50. The molecule has 0 amide bonds. The first-order chi connectivity index (χ1) is 8.83. The maximum atomic E-state index is 5.19. The van der Waals surface area contributed by atoms with Crippen LogP contribution in [-0.2, 0) is 0 Å². The molecule has 1 saturated heterocycles. The molecule has 0 bridgehead atoms. The molecule has 1 aromatic carbocycles. The number of anilines is 1. The lowest BCUT2D eigenvalue weighted by atomic mass is 10.2. The monoisotopic (exact) mass is 251 g/mol. The van der Waals surface area contributed by atoms with Crippen molar-refractivity contribution < 1.29 is 15.4 Å². The molecule has 1 heterocycles. The van der Waals surface area contributed by atoms with Gasteiger partial charge in [0.05, 0.1) is 46.4 Å². The van der Waals surface area contributed by atoms with Crippen LogP contribution in [0.1, 0.15) is 6.42 Å². The van der Waals surface area contributed by atoms with E-state index < -0.39 is 0 Å². The van der Waals surface area contributed by atoms with Crippen molar-refractivity contribution in [2.24, 2.45) is 0 Å². The predicted molar refractivity (Wildman–Crippen MR) is 73.1 cm³/mol. The maximum Gasteiger partial charge on any atom is 0.119 e. The van der Waals surface area contributed by atoms with Crippen LogP contribution < -0.4 is 20.3 Å². The molecule has 0 atom stereocenters. The fourth-order valence-corrected chi connectivity index (χ4v) is 2.50. The molecule has 1 fully saturated rings. The molecule has 1 aliphatic heterocycles. The third-order valence-electron chi connectivity index (χ3n) is 3.69. The van der Waals surface area contributed by atoms with Crippen molar-refractivity contribution in [3.8, 4) is 5.75 Å². The molecule has 2 rings (SSSR count). The molecule has 18 heavy (non-hydrogen) atoms. The summed E-state index contributed by atoms with van der Waals surface area (Å²) >= 11 is 0. The number of nitrogens with one attached hydrogen (secondary N) is 1. The van der Waals surface area contributed by atoms with Gasteiger partial charge in [0.2, 0.25) is 0 Å². The summed E-state index contributed by atoms with van der Waals surface area (Å²) in [4.78, 5) is 4.19. The molecule has 0 spiro atoms. The van der Waals surface area contributed by atoms with Gasteiger partial charge in [0.25, 0.3) is 0 Å². The van der Waals surface area contributed by atoms with E-state index in [1.807, 2.05) is 12.1 Å². The molecule has 0 saturated carbocycles. The molecule has 0 unspecified atom stereocenters. The molecule has 0 aromatic heterocycles. The van der Waals surface area contributed by atoms with Crippen LogP contribution in [0.2, 0.25) is 0 Å². The predicted octanol–water partition coefficient (Wildman–Crippen LogP) is -0.968. The van der Waals surface area contributed by atoms with Gasteiger partial charge in [-0.1, -0.05) is 0 Å². The van der Waals surface area contributed by atoms with E-state index in [2.05, 4.69) is 22.8 Å². The van der Waals surface area contributed by atoms with Crippen LogP contribution in [0.15, 0.2) is 24.3 Å². The van der Waals surface area contributed by atoms with E-state index in [0.29, 0.717) is 0 Å². The number of methoxy groups -OCH3 is 1. The lowest BCUT2D eigenvalue weighted by Crippen LogP contribution is -3.15. The van der Waals surface area contributed by atoms with Gasteiger partial charge in [0.15, 0.2) is 0 Å². The Morgan fingerprint density at radius 1 is 1.22 bits per heavy atom. The Balaban J connectivity index is 1.84. The summed E-state index contributed by atoms with van der Waals surface area (Å²) in [6, 6.07) is 8.38. The highest BCUT2D eigenvalue weighted by Crippen LogP contribution is 2.18. The van der Waals surface area contributed by atoms with Crippen LogP contribution in [0.3, 0.4) is 0 Å². The number of benzene rings is 1. The van der Waals surface area contributed by atoms with Crippen LogP contribution in [0, 0.1) is 0 Å². The summed E-state index contributed by atoms with van der Waals surface area (Å²) < 4.78 is 5.19. The molecule has 1 aliphatic rings. The number of hydrogen-bond acceptors (Lipinski definition) is 2. The second-order valence-corrected chi connectivity index (χ2v) is 4.89. The summed E-state index contributed by atoms with van der Waals surface area (Å²) in [7, 11) is 1.71. The van der Waals surface area contributed by atoms with Gasteiger partial charge in [-0.15, -0.1) is 0 Å². The minimum Gasteiger partial charge on any atom is -0.497 e. The topological polar surface area (TPSA) is 44.5 Å². The van der Waals surface area contributed by atoms with Gasteiger partial charge < -0.3 is 20.3 Å². The van der Waals surface area contributed by atoms with Gasteiger partial charge in [-0.2, -0.15) is 0 Å². The van der Waals surface area contributed by atoms with Crippen molar-refractivity contribution in [3.05, 3.63) is 24.3 Å². The van der Waals surface area contributed by atoms with E-state index in [4.69, 9.17) is 4.74 Å². The van der Waals surface area contributed by atoms with Crippen molar-refractivity contribution in [2.45, 2.75) is 6.42 Å². The molecule has 4 nitrogen and oxygen atoms in total. The van der Waals surface area contributed by atoms with Gasteiger partial charge >= 0.3 is 0 Å². The zero-order chi connectivity index (χ0) is 12.8. The van der Waals surface area contributed by atoms with Crippen LogP contribution in [0.5, 0.6) is 5.75 Å². The van der Waals surface area contributed by atoms with E-state index in [1.54, 1.807) is 12.0 Å². The van der Waals surface area contributed by atoms with Gasteiger partial charge in [-0.05, 0) is 24.3 Å². The Morgan fingerprint density at radius 3 is 2.44 bits per heavy atom. The van der Waals surface area contributed by atoms with Crippen molar-refractivity contribution in [1.29, 1.82) is 0 Å². The SMILES string of the molecule is COc1ccc(N2CC[NH+](CCC[NH3+])CC2)cc1. The van der Waals surface area contributed by atoms with E-state index >= 15 is 0 Å². The summed E-state index contributed by atoms with van der Waals surface area (Å²) in [6.45, 7) is 7.13. The van der Waals surface area contributed by atoms with Crippen molar-refractivity contribution in [1.82, 2.24) is 0 Å². The third-order valence-corrected chi connectivity index (χ3v) is 3.69. The minimum atomic E-state index is 0.929. The quantitative estimate of drug-likeness (QED) is 0.707. The average Bonchev–Trinajstić information content (AvgIpc) is 2.46. The third kappa shape index (κ3) is 3.37. The Morgan fingerprint density at radius 2 is 1.89 bits per heavy atom. The zero-order valence-corrected chi connectivity index (χ0v) is 11.3. The van der Waals surface area contributed by atoms with Crippen molar-refractivity contribution >= 4 is 5.69 Å². The molecular formula is C14H25N3O+2. The zero-order valence-electron chi connectivity index (χ0n) is 11.3. The highest BCUT2D eigenvalue weighted by molar-refractivity contribution is 5.49. The Bertz CT molecular complexity index is 345. The van der Waals surface area contributed by atoms with Gasteiger partial charge in [0.1, 0.15) is 5.75 Å². The Labute approximate surface area is 109 Å². The van der Waals surface area contributed by atoms with Gasteiger partial charge in [0, 0.05) is 12.1 Å². The first-order valence-corrected chi connectivity index (χ1v) is 6.85. The molecular weight excluding hydrogens is 226 g/mol. The second-order valence-electron chi connectivity index (χ2n) is 4.89. The number of nitrogens with zero attached hydrogens (tertiary/aromatic N) is 1. The highest BCUT2D eigenvalue weighted by atomic mass is 16.5. The average molecular weight is 251 g/mol. The lowest BCUT2D eigenvalue weighted by Gasteiger charge is -2.33. The van der Waals surface area contributed by atoms with Gasteiger partial charge in [-0.3, -0.25) is 0 Å². The van der Waals surface area contributed by atoms with Crippen molar-refractivity contribution in [3.63, 3.8) is 0 Å². The normalized spacial score (nSPS) is 16.9. The van der Waals surface area contributed by atoms with Gasteiger partial charge in [-0.25, -0.2) is 0 Å². The molecule has 4 N–H and O–H groups in total. The first kappa shape index (κ1) is 13.2. The van der Waals surface area contributed by atoms with E-state index in [1.165, 1.54) is 31.7 Å². The van der Waals surface area contributed by atoms with E-state index in [9.17, 15) is 0 Å². The summed E-state index contributed by atoms with van der Waals surface area (Å²) in [5, 5.41) is 0. The number of quaternary nitrogens is 2. The molecule has 100 valence electrons. The second kappa shape index (κ2) is 6.61. The minimum absolute atomic E-state index is 0.929. The summed E-state index contributed by atoms with van der Waals surface area (Å²) in [6.07, 6.45) is 1.25. The first-order valence-electron chi connectivity index (χ1n) is 6.85. The molecule has 0 aliphatic carbocycles. The Kier molecular flexibility index (Phi) is 4.84.